The molecule has 0 fully saturated rings. The summed E-state index contributed by atoms with van der Waals surface area (Å²) in [6.45, 7) is 0.689. The van der Waals surface area contributed by atoms with E-state index in [-0.39, 0.29) is 17.6 Å². The minimum atomic E-state index is -0.377. The maximum absolute atomic E-state index is 11.2. The molecule has 1 unspecified atom stereocenters. The van der Waals surface area contributed by atoms with Gasteiger partial charge in [-0.1, -0.05) is 15.9 Å². The Morgan fingerprint density at radius 2 is 2.29 bits per heavy atom. The fourth-order valence-electron chi connectivity index (χ4n) is 1.43. The third-order valence-electron chi connectivity index (χ3n) is 2.31. The van der Waals surface area contributed by atoms with Crippen LogP contribution >= 0.6 is 15.9 Å². The molecular weight excluding hydrogens is 290 g/mol. The van der Waals surface area contributed by atoms with E-state index in [1.165, 1.54) is 7.11 Å². The lowest BCUT2D eigenvalue weighted by Crippen LogP contribution is -2.24. The van der Waals surface area contributed by atoms with Crippen LogP contribution < -0.4 is 14.8 Å². The van der Waals surface area contributed by atoms with Gasteiger partial charge in [-0.2, -0.15) is 0 Å². The van der Waals surface area contributed by atoms with Gasteiger partial charge in [-0.15, -0.1) is 0 Å². The molecule has 6 heteroatoms. The SMILES string of the molecule is COC(=O)C(Br)CNc1ccc2c(c1)OCO2. The molecule has 1 aromatic rings. The van der Waals surface area contributed by atoms with Gasteiger partial charge >= 0.3 is 5.97 Å². The average molecular weight is 302 g/mol. The fraction of sp³-hybridized carbons (Fsp3) is 0.364. The number of anilines is 1. The van der Waals surface area contributed by atoms with Gasteiger partial charge in [0.25, 0.3) is 0 Å². The van der Waals surface area contributed by atoms with Gasteiger partial charge in [-0.25, -0.2) is 0 Å². The maximum Gasteiger partial charge on any atom is 0.321 e. The van der Waals surface area contributed by atoms with Crippen LogP contribution in [-0.4, -0.2) is 31.2 Å². The van der Waals surface area contributed by atoms with E-state index in [1.807, 2.05) is 18.2 Å². The van der Waals surface area contributed by atoms with Gasteiger partial charge in [0.1, 0.15) is 4.83 Å². The zero-order valence-electron chi connectivity index (χ0n) is 9.23. The van der Waals surface area contributed by atoms with Gasteiger partial charge < -0.3 is 19.5 Å². The Morgan fingerprint density at radius 1 is 1.53 bits per heavy atom. The van der Waals surface area contributed by atoms with Crippen molar-refractivity contribution in [2.24, 2.45) is 0 Å². The van der Waals surface area contributed by atoms with Crippen molar-refractivity contribution in [1.82, 2.24) is 0 Å². The molecule has 2 rings (SSSR count). The van der Waals surface area contributed by atoms with Gasteiger partial charge in [0.15, 0.2) is 11.5 Å². The Hall–Kier alpha value is -1.43. The number of hydrogen-bond donors (Lipinski definition) is 1. The molecule has 1 aliphatic rings. The van der Waals surface area contributed by atoms with Crippen molar-refractivity contribution in [3.63, 3.8) is 0 Å². The number of ether oxygens (including phenoxy) is 3. The van der Waals surface area contributed by atoms with Crippen molar-refractivity contribution in [3.05, 3.63) is 18.2 Å². The predicted octanol–water partition coefficient (Wildman–Crippen LogP) is 1.76. The molecular formula is C11H12BrNO4. The monoisotopic (exact) mass is 301 g/mol. The highest BCUT2D eigenvalue weighted by molar-refractivity contribution is 9.10. The first-order valence-corrected chi connectivity index (χ1v) is 5.97. The summed E-state index contributed by atoms with van der Waals surface area (Å²) in [6, 6.07) is 5.52. The Kier molecular flexibility index (Phi) is 3.73. The highest BCUT2D eigenvalue weighted by Gasteiger charge is 2.16. The van der Waals surface area contributed by atoms with Crippen LogP contribution in [0.15, 0.2) is 18.2 Å². The standard InChI is InChI=1S/C11H12BrNO4/c1-15-11(14)8(12)5-13-7-2-3-9-10(4-7)17-6-16-9/h2-4,8,13H,5-6H2,1H3. The van der Waals surface area contributed by atoms with E-state index < -0.39 is 0 Å². The molecule has 0 spiro atoms. The van der Waals surface area contributed by atoms with Crippen LogP contribution in [0.4, 0.5) is 5.69 Å². The number of fused-ring (bicyclic) bond motifs is 1. The minimum absolute atomic E-state index is 0.252. The van der Waals surface area contributed by atoms with Crippen LogP contribution in [0.5, 0.6) is 11.5 Å². The predicted molar refractivity (Wildman–Crippen MR) is 65.8 cm³/mol. The zero-order chi connectivity index (χ0) is 12.3. The molecule has 17 heavy (non-hydrogen) atoms. The first-order valence-electron chi connectivity index (χ1n) is 5.06. The quantitative estimate of drug-likeness (QED) is 0.678. The summed E-state index contributed by atoms with van der Waals surface area (Å²) in [4.78, 5) is 10.8. The fourth-order valence-corrected chi connectivity index (χ4v) is 1.77. The molecule has 0 saturated heterocycles. The number of alkyl halides is 1. The number of hydrogen-bond acceptors (Lipinski definition) is 5. The topological polar surface area (TPSA) is 56.8 Å². The number of nitrogens with one attached hydrogen (secondary N) is 1. The van der Waals surface area contributed by atoms with Gasteiger partial charge in [0.05, 0.1) is 7.11 Å². The summed E-state index contributed by atoms with van der Waals surface area (Å²) in [5.41, 5.74) is 0.864. The third-order valence-corrected chi connectivity index (χ3v) is 3.01. The Morgan fingerprint density at radius 3 is 3.06 bits per heavy atom. The lowest BCUT2D eigenvalue weighted by atomic mass is 10.2. The summed E-state index contributed by atoms with van der Waals surface area (Å²) in [5, 5.41) is 3.11. The normalized spacial score (nSPS) is 14.2. The second-order valence-corrected chi connectivity index (χ2v) is 4.54. The highest BCUT2D eigenvalue weighted by Crippen LogP contribution is 2.34. The van der Waals surface area contributed by atoms with Gasteiger partial charge in [0, 0.05) is 18.3 Å². The first kappa shape index (κ1) is 12.0. The smallest absolute Gasteiger partial charge is 0.321 e. The lowest BCUT2D eigenvalue weighted by molar-refractivity contribution is -0.139. The molecule has 1 aromatic carbocycles. The molecule has 1 aliphatic heterocycles. The molecule has 1 N–H and O–H groups in total. The van der Waals surface area contributed by atoms with Crippen LogP contribution in [0.3, 0.4) is 0 Å². The second-order valence-electron chi connectivity index (χ2n) is 3.44. The molecule has 0 radical (unpaired) electrons. The van der Waals surface area contributed by atoms with Gasteiger partial charge in [-0.3, -0.25) is 4.79 Å². The van der Waals surface area contributed by atoms with E-state index in [2.05, 4.69) is 26.0 Å². The van der Waals surface area contributed by atoms with E-state index in [9.17, 15) is 4.79 Å². The Bertz CT molecular complexity index is 424. The van der Waals surface area contributed by atoms with Crippen LogP contribution in [0.25, 0.3) is 0 Å². The molecule has 0 aliphatic carbocycles. The largest absolute Gasteiger partial charge is 0.468 e. The van der Waals surface area contributed by atoms with E-state index in [0.29, 0.717) is 12.3 Å². The number of rotatable bonds is 4. The van der Waals surface area contributed by atoms with Crippen LogP contribution in [0.1, 0.15) is 0 Å². The van der Waals surface area contributed by atoms with Crippen LogP contribution in [-0.2, 0) is 9.53 Å². The van der Waals surface area contributed by atoms with Crippen molar-refractivity contribution < 1.29 is 19.0 Å². The molecule has 92 valence electrons. The van der Waals surface area contributed by atoms with Crippen molar-refractivity contribution >= 4 is 27.6 Å². The maximum atomic E-state index is 11.2. The summed E-state index contributed by atoms with van der Waals surface area (Å²) in [6.07, 6.45) is 0. The number of benzene rings is 1. The number of carbonyl (C=O) groups excluding carboxylic acids is 1. The molecule has 0 amide bonds. The van der Waals surface area contributed by atoms with Crippen LogP contribution in [0.2, 0.25) is 0 Å². The van der Waals surface area contributed by atoms with Crippen molar-refractivity contribution in [2.75, 3.05) is 25.8 Å². The van der Waals surface area contributed by atoms with Gasteiger partial charge in [0.2, 0.25) is 6.79 Å². The van der Waals surface area contributed by atoms with Crippen molar-refractivity contribution in [3.8, 4) is 11.5 Å². The van der Waals surface area contributed by atoms with E-state index in [0.717, 1.165) is 11.4 Å². The Balaban J connectivity index is 1.93. The summed E-state index contributed by atoms with van der Waals surface area (Å²) in [7, 11) is 1.36. The molecule has 0 saturated carbocycles. The molecule has 0 bridgehead atoms. The van der Waals surface area contributed by atoms with Crippen LogP contribution in [0, 0.1) is 0 Å². The number of esters is 1. The highest BCUT2D eigenvalue weighted by atomic mass is 79.9. The van der Waals surface area contributed by atoms with E-state index in [1.54, 1.807) is 0 Å². The second kappa shape index (κ2) is 5.27. The number of methoxy groups -OCH3 is 1. The third kappa shape index (κ3) is 2.82. The zero-order valence-corrected chi connectivity index (χ0v) is 10.8. The summed E-state index contributed by atoms with van der Waals surface area (Å²) >= 11 is 3.23. The van der Waals surface area contributed by atoms with Gasteiger partial charge in [-0.05, 0) is 12.1 Å². The molecule has 1 heterocycles. The number of halogens is 1. The van der Waals surface area contributed by atoms with Crippen molar-refractivity contribution in [2.45, 2.75) is 4.83 Å². The van der Waals surface area contributed by atoms with E-state index in [4.69, 9.17) is 9.47 Å². The molecule has 5 nitrogen and oxygen atoms in total. The average Bonchev–Trinajstić information content (AvgIpc) is 2.82. The lowest BCUT2D eigenvalue weighted by Gasteiger charge is -2.10. The Labute approximate surface area is 107 Å². The number of carbonyl (C=O) groups is 1. The van der Waals surface area contributed by atoms with Crippen molar-refractivity contribution in [1.29, 1.82) is 0 Å². The molecule has 1 atom stereocenters. The summed E-state index contributed by atoms with van der Waals surface area (Å²) in [5.74, 6) is 1.14. The first-order chi connectivity index (χ1) is 8.20. The molecule has 0 aromatic heterocycles. The minimum Gasteiger partial charge on any atom is -0.468 e. The summed E-state index contributed by atoms with van der Waals surface area (Å²) < 4.78 is 15.1. The van der Waals surface area contributed by atoms with E-state index >= 15 is 0 Å².